The minimum absolute atomic E-state index is 0.113. The van der Waals surface area contributed by atoms with Crippen molar-refractivity contribution < 1.29 is 9.53 Å². The van der Waals surface area contributed by atoms with E-state index in [-0.39, 0.29) is 5.97 Å². The van der Waals surface area contributed by atoms with E-state index >= 15 is 0 Å². The maximum absolute atomic E-state index is 11.1. The van der Waals surface area contributed by atoms with Crippen LogP contribution in [0.15, 0.2) is 11.6 Å². The van der Waals surface area contributed by atoms with Crippen LogP contribution in [0.1, 0.15) is 43.2 Å². The first-order chi connectivity index (χ1) is 8.81. The largest absolute Gasteiger partial charge is 0.469 e. The minimum Gasteiger partial charge on any atom is -0.469 e. The van der Waals surface area contributed by atoms with E-state index in [4.69, 9.17) is 0 Å². The highest BCUT2D eigenvalue weighted by atomic mass is 32.1. The molecule has 18 heavy (non-hydrogen) atoms. The molecule has 1 saturated heterocycles. The fourth-order valence-electron chi connectivity index (χ4n) is 2.47. The van der Waals surface area contributed by atoms with E-state index in [2.05, 4.69) is 14.6 Å². The van der Waals surface area contributed by atoms with Crippen LogP contribution in [0.3, 0.4) is 0 Å². The van der Waals surface area contributed by atoms with Crippen LogP contribution in [0.4, 0.5) is 0 Å². The Morgan fingerprint density at radius 2 is 2.50 bits per heavy atom. The Morgan fingerprint density at radius 1 is 1.61 bits per heavy atom. The molecule has 0 unspecified atom stereocenters. The Labute approximate surface area is 112 Å². The molecule has 0 spiro atoms. The van der Waals surface area contributed by atoms with Gasteiger partial charge in [0, 0.05) is 18.0 Å². The van der Waals surface area contributed by atoms with Gasteiger partial charge in [-0.3, -0.25) is 9.69 Å². The molecular weight excluding hydrogens is 248 g/mol. The summed E-state index contributed by atoms with van der Waals surface area (Å²) in [5.41, 5.74) is 0. The average molecular weight is 268 g/mol. The van der Waals surface area contributed by atoms with E-state index in [1.165, 1.54) is 31.4 Å². The van der Waals surface area contributed by atoms with Crippen molar-refractivity contribution in [2.24, 2.45) is 0 Å². The molecule has 2 heterocycles. The van der Waals surface area contributed by atoms with Crippen molar-refractivity contribution in [1.29, 1.82) is 0 Å². The molecule has 1 atom stereocenters. The Kier molecular flexibility index (Phi) is 5.13. The zero-order valence-electron chi connectivity index (χ0n) is 10.8. The third-order valence-electron chi connectivity index (χ3n) is 3.40. The summed E-state index contributed by atoms with van der Waals surface area (Å²) in [4.78, 5) is 18.0. The minimum atomic E-state index is -0.113. The second kappa shape index (κ2) is 6.85. The molecule has 1 fully saturated rings. The van der Waals surface area contributed by atoms with Crippen LogP contribution >= 0.6 is 11.3 Å². The summed E-state index contributed by atoms with van der Waals surface area (Å²) in [7, 11) is 1.45. The van der Waals surface area contributed by atoms with Crippen LogP contribution < -0.4 is 0 Å². The Bertz CT molecular complexity index is 367. The average Bonchev–Trinajstić information content (AvgIpc) is 2.93. The molecule has 0 aliphatic carbocycles. The lowest BCUT2D eigenvalue weighted by atomic mass is 10.0. The van der Waals surface area contributed by atoms with Crippen molar-refractivity contribution in [3.63, 3.8) is 0 Å². The number of likely N-dealkylation sites (tertiary alicyclic amines) is 1. The van der Waals surface area contributed by atoms with E-state index in [1.54, 1.807) is 11.3 Å². The highest BCUT2D eigenvalue weighted by Gasteiger charge is 2.25. The van der Waals surface area contributed by atoms with Crippen molar-refractivity contribution in [3.8, 4) is 0 Å². The highest BCUT2D eigenvalue weighted by molar-refractivity contribution is 7.09. The number of nitrogens with zero attached hydrogens (tertiary/aromatic N) is 2. The number of methoxy groups -OCH3 is 1. The van der Waals surface area contributed by atoms with Gasteiger partial charge in [0.05, 0.1) is 13.2 Å². The van der Waals surface area contributed by atoms with Gasteiger partial charge in [0.1, 0.15) is 5.01 Å². The number of rotatable bonds is 5. The van der Waals surface area contributed by atoms with Gasteiger partial charge < -0.3 is 4.74 Å². The molecule has 0 N–H and O–H groups in total. The van der Waals surface area contributed by atoms with Crippen LogP contribution in [0.5, 0.6) is 0 Å². The summed E-state index contributed by atoms with van der Waals surface area (Å²) < 4.78 is 4.67. The molecule has 0 radical (unpaired) electrons. The van der Waals surface area contributed by atoms with Gasteiger partial charge in [-0.1, -0.05) is 6.42 Å². The number of piperidine rings is 1. The number of hydrogen-bond donors (Lipinski definition) is 0. The summed E-state index contributed by atoms with van der Waals surface area (Å²) in [6.45, 7) is 2.07. The predicted octanol–water partition coefficient (Wildman–Crippen LogP) is 2.62. The molecule has 4 nitrogen and oxygen atoms in total. The first-order valence-electron chi connectivity index (χ1n) is 6.51. The molecule has 5 heteroatoms. The van der Waals surface area contributed by atoms with Crippen LogP contribution in [-0.2, 0) is 9.53 Å². The smallest absolute Gasteiger partial charge is 0.305 e. The number of esters is 1. The van der Waals surface area contributed by atoms with Gasteiger partial charge in [-0.25, -0.2) is 4.98 Å². The molecular formula is C13H20N2O2S. The molecule has 1 aromatic rings. The lowest BCUT2D eigenvalue weighted by molar-refractivity contribution is -0.140. The first-order valence-corrected chi connectivity index (χ1v) is 7.39. The second-order valence-corrected chi connectivity index (χ2v) is 5.52. The zero-order chi connectivity index (χ0) is 12.8. The third kappa shape index (κ3) is 3.53. The fraction of sp³-hybridized carbons (Fsp3) is 0.692. The Morgan fingerprint density at radius 3 is 3.22 bits per heavy atom. The number of thiazole rings is 1. The van der Waals surface area contributed by atoms with Crippen molar-refractivity contribution in [2.45, 2.75) is 38.1 Å². The first kappa shape index (κ1) is 13.5. The van der Waals surface area contributed by atoms with Gasteiger partial charge >= 0.3 is 5.97 Å². The van der Waals surface area contributed by atoms with E-state index in [0.29, 0.717) is 12.5 Å². The molecule has 100 valence electrons. The summed E-state index contributed by atoms with van der Waals surface area (Å²) in [5, 5.41) is 3.25. The van der Waals surface area contributed by atoms with Gasteiger partial charge in [0.15, 0.2) is 0 Å². The van der Waals surface area contributed by atoms with Crippen molar-refractivity contribution in [1.82, 2.24) is 9.88 Å². The molecule has 0 aromatic carbocycles. The predicted molar refractivity (Wildman–Crippen MR) is 71.5 cm³/mol. The summed E-state index contributed by atoms with van der Waals surface area (Å²) in [5.74, 6) is -0.113. The molecule has 0 saturated carbocycles. The highest BCUT2D eigenvalue weighted by Crippen LogP contribution is 2.31. The SMILES string of the molecule is COC(=O)CCCN1CCCC[C@@H]1c1nccs1. The van der Waals surface area contributed by atoms with Gasteiger partial charge in [-0.05, 0) is 32.4 Å². The molecule has 1 aliphatic rings. The second-order valence-electron chi connectivity index (χ2n) is 4.60. The van der Waals surface area contributed by atoms with Gasteiger partial charge in [-0.15, -0.1) is 11.3 Å². The van der Waals surface area contributed by atoms with Crippen LogP contribution in [0.25, 0.3) is 0 Å². The summed E-state index contributed by atoms with van der Waals surface area (Å²) >= 11 is 1.73. The van der Waals surface area contributed by atoms with Gasteiger partial charge in [0.25, 0.3) is 0 Å². The molecule has 1 aliphatic heterocycles. The number of carbonyl (C=O) groups excluding carboxylic acids is 1. The number of aromatic nitrogens is 1. The Balaban J connectivity index is 1.86. The molecule has 1 aromatic heterocycles. The maximum atomic E-state index is 11.1. The van der Waals surface area contributed by atoms with E-state index in [0.717, 1.165) is 19.5 Å². The van der Waals surface area contributed by atoms with E-state index < -0.39 is 0 Å². The van der Waals surface area contributed by atoms with Gasteiger partial charge in [-0.2, -0.15) is 0 Å². The number of ether oxygens (including phenoxy) is 1. The van der Waals surface area contributed by atoms with E-state index in [9.17, 15) is 4.79 Å². The Hall–Kier alpha value is -0.940. The number of hydrogen-bond acceptors (Lipinski definition) is 5. The summed E-state index contributed by atoms with van der Waals surface area (Å²) in [6.07, 6.45) is 6.97. The normalized spacial score (nSPS) is 20.8. The standard InChI is InChI=1S/C13H20N2O2S/c1-17-12(16)6-4-9-15-8-3-2-5-11(15)13-14-7-10-18-13/h7,10-11H,2-6,8-9H2,1H3/t11-/m1/s1. The molecule has 0 bridgehead atoms. The van der Waals surface area contributed by atoms with Crippen molar-refractivity contribution in [3.05, 3.63) is 16.6 Å². The fourth-order valence-corrected chi connectivity index (χ4v) is 3.27. The summed E-state index contributed by atoms with van der Waals surface area (Å²) in [6, 6.07) is 0.455. The van der Waals surface area contributed by atoms with Crippen molar-refractivity contribution >= 4 is 17.3 Å². The monoisotopic (exact) mass is 268 g/mol. The topological polar surface area (TPSA) is 42.4 Å². The van der Waals surface area contributed by atoms with Gasteiger partial charge in [0.2, 0.25) is 0 Å². The lowest BCUT2D eigenvalue weighted by Gasteiger charge is -2.34. The van der Waals surface area contributed by atoms with Crippen LogP contribution in [-0.4, -0.2) is 36.1 Å². The molecule has 0 amide bonds. The van der Waals surface area contributed by atoms with Crippen LogP contribution in [0, 0.1) is 0 Å². The lowest BCUT2D eigenvalue weighted by Crippen LogP contribution is -2.34. The maximum Gasteiger partial charge on any atom is 0.305 e. The van der Waals surface area contributed by atoms with Crippen molar-refractivity contribution in [2.75, 3.05) is 20.2 Å². The van der Waals surface area contributed by atoms with E-state index in [1.807, 2.05) is 11.6 Å². The van der Waals surface area contributed by atoms with Crippen LogP contribution in [0.2, 0.25) is 0 Å². The molecule has 2 rings (SSSR count). The third-order valence-corrected chi connectivity index (χ3v) is 4.28. The zero-order valence-corrected chi connectivity index (χ0v) is 11.6. The quantitative estimate of drug-likeness (QED) is 0.770. The number of carbonyl (C=O) groups is 1.